The quantitative estimate of drug-likeness (QED) is 0.406. The van der Waals surface area contributed by atoms with Gasteiger partial charge in [0.05, 0.1) is 13.6 Å². The molecule has 0 aliphatic heterocycles. The molecule has 0 amide bonds. The van der Waals surface area contributed by atoms with E-state index in [4.69, 9.17) is 0 Å². The minimum atomic E-state index is -6.00. The van der Waals surface area contributed by atoms with E-state index >= 15 is 0 Å². The smallest absolute Gasteiger partial charge is 0.418 e. The Balaban J connectivity index is 0. The summed E-state index contributed by atoms with van der Waals surface area (Å²) in [6, 6.07) is 0. The van der Waals surface area contributed by atoms with Crippen molar-refractivity contribution in [3.8, 4) is 0 Å². The van der Waals surface area contributed by atoms with Crippen LogP contribution in [0.4, 0.5) is 17.3 Å². The van der Waals surface area contributed by atoms with Crippen LogP contribution in [-0.4, -0.2) is 30.7 Å². The van der Waals surface area contributed by atoms with Crippen LogP contribution in [0.1, 0.15) is 13.3 Å². The molecule has 0 atom stereocenters. The van der Waals surface area contributed by atoms with Gasteiger partial charge in [-0.15, -0.1) is 0 Å². The molecule has 2 nitrogen and oxygen atoms in total. The minimum Gasteiger partial charge on any atom is -0.418 e. The summed E-state index contributed by atoms with van der Waals surface area (Å²) in [4.78, 5) is 0. The third-order valence-corrected chi connectivity index (χ3v) is 1.31. The molecule has 15 heavy (non-hydrogen) atoms. The molecule has 1 radical (unpaired) electrons. The van der Waals surface area contributed by atoms with Crippen molar-refractivity contribution in [3.05, 3.63) is 18.7 Å². The summed E-state index contributed by atoms with van der Waals surface area (Å²) >= 11 is 0. The number of hydrogen-bond acceptors (Lipinski definition) is 0. The van der Waals surface area contributed by atoms with E-state index in [2.05, 4.69) is 34.8 Å². The first kappa shape index (κ1) is 17.0. The summed E-state index contributed by atoms with van der Waals surface area (Å²) in [5.74, 6) is 0. The summed E-state index contributed by atoms with van der Waals surface area (Å²) in [5.41, 5.74) is 0. The zero-order valence-electron chi connectivity index (χ0n) is 9.13. The zero-order chi connectivity index (χ0) is 11.2. The second-order valence-electron chi connectivity index (χ2n) is 2.81. The first-order chi connectivity index (χ1) is 6.33. The van der Waals surface area contributed by atoms with Crippen LogP contribution in [0.3, 0.4) is 0 Å². The van der Waals surface area contributed by atoms with Gasteiger partial charge in [0, 0.05) is 18.9 Å². The summed E-state index contributed by atoms with van der Waals surface area (Å²) in [6.45, 7) is 3.31. The average Bonchev–Trinajstić information content (AvgIpc) is 2.32. The second kappa shape index (κ2) is 7.83. The SMILES string of the molecule is CCC[n+]1ccn(C)c1.F[B-](F)(F)F.[Li]. The van der Waals surface area contributed by atoms with E-state index in [1.807, 2.05) is 7.05 Å². The average molecular weight is 219 g/mol. The van der Waals surface area contributed by atoms with Crippen LogP contribution in [0.25, 0.3) is 0 Å². The number of nitrogens with zero attached hydrogens (tertiary/aromatic N) is 2. The predicted molar refractivity (Wildman–Crippen MR) is 51.8 cm³/mol. The fourth-order valence-corrected chi connectivity index (χ4v) is 0.892. The van der Waals surface area contributed by atoms with Gasteiger partial charge in [0.2, 0.25) is 6.33 Å². The molecule has 0 unspecified atom stereocenters. The van der Waals surface area contributed by atoms with Gasteiger partial charge in [0.15, 0.2) is 0 Å². The molecule has 0 N–H and O–H groups in total. The van der Waals surface area contributed by atoms with Gasteiger partial charge in [0.1, 0.15) is 12.4 Å². The Hall–Kier alpha value is -0.408. The maximum atomic E-state index is 9.75. The van der Waals surface area contributed by atoms with Gasteiger partial charge >= 0.3 is 7.25 Å². The zero-order valence-corrected chi connectivity index (χ0v) is 9.13. The van der Waals surface area contributed by atoms with Gasteiger partial charge in [-0.25, -0.2) is 9.13 Å². The van der Waals surface area contributed by atoms with Crippen molar-refractivity contribution >= 4 is 26.1 Å². The summed E-state index contributed by atoms with van der Waals surface area (Å²) in [6.07, 6.45) is 7.43. The molecule has 0 saturated heterocycles. The van der Waals surface area contributed by atoms with Gasteiger partial charge in [0.25, 0.3) is 0 Å². The van der Waals surface area contributed by atoms with Crippen molar-refractivity contribution in [1.82, 2.24) is 4.57 Å². The number of hydrogen-bond donors (Lipinski definition) is 0. The van der Waals surface area contributed by atoms with Crippen molar-refractivity contribution in [2.75, 3.05) is 0 Å². The molecule has 1 rings (SSSR count). The molecule has 0 aliphatic rings. The van der Waals surface area contributed by atoms with E-state index in [-0.39, 0.29) is 18.9 Å². The van der Waals surface area contributed by atoms with E-state index in [0.717, 1.165) is 6.54 Å². The van der Waals surface area contributed by atoms with Crippen LogP contribution in [0, 0.1) is 0 Å². The van der Waals surface area contributed by atoms with Gasteiger partial charge in [-0.2, -0.15) is 0 Å². The van der Waals surface area contributed by atoms with Crippen LogP contribution in [0.5, 0.6) is 0 Å². The van der Waals surface area contributed by atoms with E-state index in [9.17, 15) is 17.3 Å². The Morgan fingerprint density at radius 2 is 1.73 bits per heavy atom. The Morgan fingerprint density at radius 1 is 1.27 bits per heavy atom. The van der Waals surface area contributed by atoms with E-state index in [1.54, 1.807) is 0 Å². The number of rotatable bonds is 2. The molecule has 0 spiro atoms. The molecular weight excluding hydrogens is 206 g/mol. The molecular formula is C7H13BF4LiN2. The molecule has 8 heteroatoms. The normalized spacial score (nSPS) is 10.0. The Bertz CT molecular complexity index is 258. The predicted octanol–water partition coefficient (Wildman–Crippen LogP) is 1.64. The third-order valence-electron chi connectivity index (χ3n) is 1.31. The van der Waals surface area contributed by atoms with Gasteiger partial charge in [-0.05, 0) is 6.42 Å². The second-order valence-corrected chi connectivity index (χ2v) is 2.81. The summed E-state index contributed by atoms with van der Waals surface area (Å²) in [7, 11) is -3.97. The maximum absolute atomic E-state index is 9.75. The first-order valence-electron chi connectivity index (χ1n) is 4.21. The summed E-state index contributed by atoms with van der Waals surface area (Å²) in [5, 5.41) is 0. The van der Waals surface area contributed by atoms with Gasteiger partial charge in [-0.1, -0.05) is 6.92 Å². The largest absolute Gasteiger partial charge is 0.673 e. The van der Waals surface area contributed by atoms with Crippen LogP contribution in [0.15, 0.2) is 18.7 Å². The van der Waals surface area contributed by atoms with Crippen molar-refractivity contribution in [2.45, 2.75) is 19.9 Å². The van der Waals surface area contributed by atoms with Crippen LogP contribution in [-0.2, 0) is 13.6 Å². The first-order valence-corrected chi connectivity index (χ1v) is 4.21. The van der Waals surface area contributed by atoms with Crippen LogP contribution >= 0.6 is 0 Å². The van der Waals surface area contributed by atoms with Crippen molar-refractivity contribution in [1.29, 1.82) is 0 Å². The van der Waals surface area contributed by atoms with Crippen molar-refractivity contribution in [2.24, 2.45) is 7.05 Å². The number of aryl methyl sites for hydroxylation is 2. The number of halogens is 4. The van der Waals surface area contributed by atoms with Gasteiger partial charge in [-0.3, -0.25) is 0 Å². The molecule has 0 aromatic carbocycles. The topological polar surface area (TPSA) is 8.81 Å². The van der Waals surface area contributed by atoms with E-state index in [1.165, 1.54) is 6.42 Å². The molecule has 83 valence electrons. The molecule has 1 aromatic heterocycles. The molecule has 1 aromatic rings. The fourth-order valence-electron chi connectivity index (χ4n) is 0.892. The Kier molecular flexibility index (Phi) is 8.87. The molecule has 0 saturated carbocycles. The standard InChI is InChI=1S/C7H13N2.BF4.Li/c1-3-4-9-6-5-8(2)7-9;2-1(3,4)5;/h5-7H,3-4H2,1-2H3;;/q+1;-1;. The van der Waals surface area contributed by atoms with Gasteiger partial charge < -0.3 is 17.3 Å². The van der Waals surface area contributed by atoms with E-state index in [0.29, 0.717) is 0 Å². The number of aromatic nitrogens is 2. The van der Waals surface area contributed by atoms with Crippen LogP contribution in [0.2, 0.25) is 0 Å². The fraction of sp³-hybridized carbons (Fsp3) is 0.571. The van der Waals surface area contributed by atoms with E-state index < -0.39 is 7.25 Å². The third kappa shape index (κ3) is 13.6. The maximum Gasteiger partial charge on any atom is 0.673 e. The monoisotopic (exact) mass is 219 g/mol. The molecule has 1 heterocycles. The minimum absolute atomic E-state index is 0. The van der Waals surface area contributed by atoms with Crippen molar-refractivity contribution < 1.29 is 21.8 Å². The molecule has 0 fully saturated rings. The van der Waals surface area contributed by atoms with Crippen molar-refractivity contribution in [3.63, 3.8) is 0 Å². The Morgan fingerprint density at radius 3 is 2.00 bits per heavy atom. The molecule has 0 bridgehead atoms. The summed E-state index contributed by atoms with van der Waals surface area (Å²) < 4.78 is 43.2. The number of imidazole rings is 1. The Labute approximate surface area is 98.6 Å². The molecule has 0 aliphatic carbocycles. The van der Waals surface area contributed by atoms with Crippen LogP contribution < -0.4 is 4.57 Å².